The van der Waals surface area contributed by atoms with E-state index in [0.29, 0.717) is 34.7 Å². The number of piperazine rings is 1. The fourth-order valence-electron chi connectivity index (χ4n) is 13.4. The van der Waals surface area contributed by atoms with E-state index in [9.17, 15) is 9.90 Å². The Labute approximate surface area is 260 Å². The predicted molar refractivity (Wildman–Crippen MR) is 167 cm³/mol. The van der Waals surface area contributed by atoms with E-state index in [1.165, 1.54) is 44.9 Å². The van der Waals surface area contributed by atoms with Gasteiger partial charge in [0.2, 0.25) is 0 Å². The summed E-state index contributed by atoms with van der Waals surface area (Å²) in [6.45, 7) is 19.6. The van der Waals surface area contributed by atoms with Gasteiger partial charge < -0.3 is 29.5 Å². The number of rotatable bonds is 5. The van der Waals surface area contributed by atoms with Crippen molar-refractivity contribution in [2.75, 3.05) is 32.8 Å². The Hall–Kier alpha value is -0.890. The van der Waals surface area contributed by atoms with Crippen molar-refractivity contribution in [3.05, 3.63) is 0 Å². The number of aliphatic hydroxyl groups is 1. The molecule has 11 unspecified atom stereocenters. The van der Waals surface area contributed by atoms with Gasteiger partial charge in [0, 0.05) is 38.2 Å². The molecule has 5 saturated carbocycles. The minimum absolute atomic E-state index is 0.00316. The predicted octanol–water partition coefficient (Wildman–Crippen LogP) is 6.03. The van der Waals surface area contributed by atoms with Gasteiger partial charge in [-0.1, -0.05) is 27.7 Å². The number of ether oxygens (including phenoxy) is 3. The molecule has 7 heteroatoms. The molecule has 2 N–H and O–H groups in total. The maximum Gasteiger partial charge on any atom is 0.410 e. The van der Waals surface area contributed by atoms with E-state index < -0.39 is 5.60 Å². The number of hydrogen-bond acceptors (Lipinski definition) is 6. The normalized spacial score (nSPS) is 49.1. The van der Waals surface area contributed by atoms with Crippen molar-refractivity contribution < 1.29 is 24.1 Å². The van der Waals surface area contributed by atoms with Crippen LogP contribution in [0.1, 0.15) is 106 Å². The van der Waals surface area contributed by atoms with Crippen LogP contribution in [-0.4, -0.2) is 78.9 Å². The summed E-state index contributed by atoms with van der Waals surface area (Å²) in [4.78, 5) is 15.1. The maximum atomic E-state index is 13.2. The van der Waals surface area contributed by atoms with Crippen LogP contribution in [0.3, 0.4) is 0 Å². The van der Waals surface area contributed by atoms with Crippen molar-refractivity contribution in [1.29, 1.82) is 0 Å². The van der Waals surface area contributed by atoms with Gasteiger partial charge in [-0.25, -0.2) is 4.79 Å². The second kappa shape index (κ2) is 10.3. The Morgan fingerprint density at radius 2 is 1.72 bits per heavy atom. The van der Waals surface area contributed by atoms with Crippen LogP contribution in [0.15, 0.2) is 0 Å². The molecule has 0 aromatic rings. The van der Waals surface area contributed by atoms with Gasteiger partial charge in [-0.05, 0) is 124 Å². The molecule has 0 aromatic heterocycles. The highest BCUT2D eigenvalue weighted by Crippen LogP contribution is 2.89. The Bertz CT molecular complexity index is 1080. The van der Waals surface area contributed by atoms with Crippen LogP contribution in [0.2, 0.25) is 0 Å². The van der Waals surface area contributed by atoms with Crippen molar-refractivity contribution in [1.82, 2.24) is 10.2 Å². The number of amides is 1. The van der Waals surface area contributed by atoms with Gasteiger partial charge in [0.25, 0.3) is 0 Å². The van der Waals surface area contributed by atoms with Gasteiger partial charge in [-0.2, -0.15) is 0 Å². The van der Waals surface area contributed by atoms with E-state index >= 15 is 0 Å². The first kappa shape index (κ1) is 30.7. The summed E-state index contributed by atoms with van der Waals surface area (Å²) in [6.07, 6.45) is 10.7. The van der Waals surface area contributed by atoms with Crippen molar-refractivity contribution in [2.24, 2.45) is 51.2 Å². The molecule has 43 heavy (non-hydrogen) atoms. The number of hydrogen-bond donors (Lipinski definition) is 2. The zero-order valence-electron chi connectivity index (χ0n) is 28.1. The molecule has 0 radical (unpaired) electrons. The summed E-state index contributed by atoms with van der Waals surface area (Å²) < 4.78 is 19.4. The summed E-state index contributed by atoms with van der Waals surface area (Å²) in [7, 11) is 0. The van der Waals surface area contributed by atoms with Crippen molar-refractivity contribution in [3.8, 4) is 0 Å². The largest absolute Gasteiger partial charge is 0.446 e. The summed E-state index contributed by atoms with van der Waals surface area (Å²) >= 11 is 0. The highest BCUT2D eigenvalue weighted by atomic mass is 16.6. The van der Waals surface area contributed by atoms with Crippen LogP contribution in [0.25, 0.3) is 0 Å². The zero-order valence-corrected chi connectivity index (χ0v) is 28.1. The van der Waals surface area contributed by atoms with E-state index in [2.05, 4.69) is 33.0 Å². The van der Waals surface area contributed by atoms with E-state index in [0.717, 1.165) is 56.8 Å². The average molecular weight is 601 g/mol. The molecule has 7 fully saturated rings. The first-order valence-electron chi connectivity index (χ1n) is 18.0. The van der Waals surface area contributed by atoms with Crippen LogP contribution in [0.5, 0.6) is 0 Å². The molecule has 1 amide bonds. The van der Waals surface area contributed by atoms with Crippen LogP contribution in [0, 0.1) is 51.2 Å². The summed E-state index contributed by atoms with van der Waals surface area (Å²) in [5.74, 6) is 3.48. The van der Waals surface area contributed by atoms with Crippen LogP contribution < -0.4 is 5.32 Å². The quantitative estimate of drug-likeness (QED) is 0.402. The van der Waals surface area contributed by atoms with Gasteiger partial charge in [-0.15, -0.1) is 0 Å². The zero-order chi connectivity index (χ0) is 30.6. The van der Waals surface area contributed by atoms with Crippen LogP contribution in [0.4, 0.5) is 4.79 Å². The number of fused-ring (bicyclic) bond motifs is 4. The van der Waals surface area contributed by atoms with E-state index in [4.69, 9.17) is 14.2 Å². The monoisotopic (exact) mass is 600 g/mol. The molecule has 0 bridgehead atoms. The smallest absolute Gasteiger partial charge is 0.410 e. The third kappa shape index (κ3) is 4.22. The molecule has 244 valence electrons. The van der Waals surface area contributed by atoms with Crippen molar-refractivity contribution >= 4 is 6.09 Å². The highest BCUT2D eigenvalue weighted by Gasteiger charge is 2.85. The topological polar surface area (TPSA) is 80.3 Å². The Morgan fingerprint density at radius 3 is 2.42 bits per heavy atom. The molecule has 2 spiro atoms. The van der Waals surface area contributed by atoms with Gasteiger partial charge in [0.05, 0.1) is 17.8 Å². The Balaban J connectivity index is 1.09. The lowest BCUT2D eigenvalue weighted by Gasteiger charge is -2.59. The number of carbonyl (C=O) groups is 1. The standard InChI is InChI=1S/C36H60N2O5/c1-8-41-30(33(5,6)40)26-11-9-24-27(42-26)21-25-23-10-12-28-32(3,4)29(43-31(39)38-19-17-37-18-20-38)13-14-36(28)22(2)35(23,36)16-15-34(24,25)7/h22-30,37,40H,8-21H2,1-7H3/t22?,23?,24?,25?,26?,27?,28-,29?,30?,34?,35?,36?/m0/s1. The fourth-order valence-corrected chi connectivity index (χ4v) is 13.4. The third-order valence-corrected chi connectivity index (χ3v) is 15.2. The van der Waals surface area contributed by atoms with Crippen molar-refractivity contribution in [2.45, 2.75) is 136 Å². The lowest BCUT2D eigenvalue weighted by molar-refractivity contribution is -0.193. The number of nitrogens with one attached hydrogen (secondary N) is 1. The first-order valence-corrected chi connectivity index (χ1v) is 18.0. The molecule has 7 aliphatic rings. The molecule has 2 heterocycles. The summed E-state index contributed by atoms with van der Waals surface area (Å²) in [6, 6.07) is 0. The van der Waals surface area contributed by atoms with E-state index in [1.807, 2.05) is 25.7 Å². The maximum absolute atomic E-state index is 13.2. The van der Waals surface area contributed by atoms with Crippen LogP contribution in [-0.2, 0) is 14.2 Å². The van der Waals surface area contributed by atoms with E-state index in [-0.39, 0.29) is 35.9 Å². The SMILES string of the molecule is CCOC(C1CCC2C(CC3C4CC[C@H]5C(C)(C)C(OC(=O)N6CCNCC6)CCC56C(C)C46CCC23C)O1)C(C)(C)O. The average Bonchev–Trinajstić information content (AvgIpc) is 3.35. The van der Waals surface area contributed by atoms with Gasteiger partial charge in [0.15, 0.2) is 0 Å². The number of carbonyl (C=O) groups excluding carboxylic acids is 1. The van der Waals surface area contributed by atoms with Gasteiger partial charge in [0.1, 0.15) is 12.2 Å². The highest BCUT2D eigenvalue weighted by molar-refractivity contribution is 5.68. The molecule has 0 aromatic carbocycles. The minimum atomic E-state index is -0.911. The lowest BCUT2D eigenvalue weighted by atomic mass is 9.46. The molecule has 7 nitrogen and oxygen atoms in total. The molecule has 2 saturated heterocycles. The Kier molecular flexibility index (Phi) is 7.37. The Morgan fingerprint density at radius 1 is 1.00 bits per heavy atom. The molecular formula is C36H60N2O5. The first-order chi connectivity index (χ1) is 20.3. The van der Waals surface area contributed by atoms with Crippen LogP contribution >= 0.6 is 0 Å². The summed E-state index contributed by atoms with van der Waals surface area (Å²) in [5.41, 5.74) is 0.279. The molecule has 7 rings (SSSR count). The molecule has 2 aliphatic heterocycles. The van der Waals surface area contributed by atoms with Gasteiger partial charge >= 0.3 is 6.09 Å². The van der Waals surface area contributed by atoms with Crippen molar-refractivity contribution in [3.63, 3.8) is 0 Å². The van der Waals surface area contributed by atoms with Gasteiger partial charge in [-0.3, -0.25) is 0 Å². The third-order valence-electron chi connectivity index (χ3n) is 15.2. The summed E-state index contributed by atoms with van der Waals surface area (Å²) in [5, 5.41) is 14.3. The number of nitrogens with zero attached hydrogens (tertiary/aromatic N) is 1. The fraction of sp³-hybridized carbons (Fsp3) is 0.972. The lowest BCUT2D eigenvalue weighted by Crippen LogP contribution is -2.56. The molecule has 12 atom stereocenters. The molecule has 5 aliphatic carbocycles. The second-order valence-corrected chi connectivity index (χ2v) is 17.3. The molecular weight excluding hydrogens is 540 g/mol. The minimum Gasteiger partial charge on any atom is -0.446 e. The van der Waals surface area contributed by atoms with E-state index in [1.54, 1.807) is 0 Å². The second-order valence-electron chi connectivity index (χ2n) is 17.3.